The number of anilines is 1. The quantitative estimate of drug-likeness (QED) is 0.107. The van der Waals surface area contributed by atoms with Crippen LogP contribution in [0.3, 0.4) is 0 Å². The van der Waals surface area contributed by atoms with Gasteiger partial charge in [-0.05, 0) is 65.9 Å². The highest BCUT2D eigenvalue weighted by Crippen LogP contribution is 2.42. The fourth-order valence-electron chi connectivity index (χ4n) is 5.30. The maximum absolute atomic E-state index is 14.4. The number of carbonyl (C=O) groups excluding carboxylic acids is 2. The van der Waals surface area contributed by atoms with Gasteiger partial charge in [-0.2, -0.15) is 0 Å². The Morgan fingerprint density at radius 2 is 1.54 bits per heavy atom. The minimum absolute atomic E-state index is 0.215. The summed E-state index contributed by atoms with van der Waals surface area (Å²) in [7, 11) is 0. The van der Waals surface area contributed by atoms with Crippen molar-refractivity contribution in [2.24, 2.45) is 0 Å². The van der Waals surface area contributed by atoms with Crippen molar-refractivity contribution >= 4 is 51.6 Å². The van der Waals surface area contributed by atoms with E-state index in [1.165, 1.54) is 23.1 Å². The fourth-order valence-corrected chi connectivity index (χ4v) is 7.53. The van der Waals surface area contributed by atoms with E-state index in [0.717, 1.165) is 32.8 Å². The summed E-state index contributed by atoms with van der Waals surface area (Å²) >= 11 is 8.86. The maximum Gasteiger partial charge on any atom is 0.341 e. The van der Waals surface area contributed by atoms with Crippen molar-refractivity contribution in [1.29, 1.82) is 0 Å². The Balaban J connectivity index is 1.43. The topological polar surface area (TPSA) is 86.1 Å². The molecule has 242 valence electrons. The highest BCUT2D eigenvalue weighted by molar-refractivity contribution is 8.00. The van der Waals surface area contributed by atoms with E-state index in [2.05, 4.69) is 35.4 Å². The number of thiophene rings is 1. The molecule has 10 heteroatoms. The van der Waals surface area contributed by atoms with Crippen LogP contribution in [-0.2, 0) is 9.53 Å². The van der Waals surface area contributed by atoms with Crippen LogP contribution in [-0.4, -0.2) is 33.2 Å². The van der Waals surface area contributed by atoms with Gasteiger partial charge >= 0.3 is 5.97 Å². The van der Waals surface area contributed by atoms with E-state index in [-0.39, 0.29) is 18.4 Å². The van der Waals surface area contributed by atoms with Crippen molar-refractivity contribution < 1.29 is 14.3 Å². The number of halogens is 1. The molecule has 7 nitrogen and oxygen atoms in total. The number of carbonyl (C=O) groups is 2. The number of benzene rings is 4. The van der Waals surface area contributed by atoms with E-state index in [1.807, 2.05) is 108 Å². The molecular weight excluding hydrogens is 660 g/mol. The number of rotatable bonds is 11. The molecule has 0 unspecified atom stereocenters. The van der Waals surface area contributed by atoms with Crippen LogP contribution < -0.4 is 5.32 Å². The molecule has 0 saturated heterocycles. The van der Waals surface area contributed by atoms with Crippen LogP contribution >= 0.6 is 34.7 Å². The third-order valence-electron chi connectivity index (χ3n) is 7.62. The van der Waals surface area contributed by atoms with Gasteiger partial charge in [-0.3, -0.25) is 9.36 Å². The van der Waals surface area contributed by atoms with Gasteiger partial charge in [0, 0.05) is 15.5 Å². The van der Waals surface area contributed by atoms with Gasteiger partial charge in [-0.25, -0.2) is 4.79 Å². The molecule has 0 bridgehead atoms. The van der Waals surface area contributed by atoms with Crippen LogP contribution in [0.15, 0.2) is 120 Å². The predicted molar refractivity (Wildman–Crippen MR) is 195 cm³/mol. The summed E-state index contributed by atoms with van der Waals surface area (Å²) in [5, 5.41) is 13.2. The maximum atomic E-state index is 14.4. The molecule has 0 saturated carbocycles. The molecule has 6 rings (SSSR count). The van der Waals surface area contributed by atoms with Crippen LogP contribution in [0.5, 0.6) is 0 Å². The largest absolute Gasteiger partial charge is 0.462 e. The fraction of sp³-hybridized carbons (Fsp3) is 0.158. The van der Waals surface area contributed by atoms with Crippen molar-refractivity contribution in [3.63, 3.8) is 0 Å². The molecule has 0 fully saturated rings. The van der Waals surface area contributed by atoms with Crippen molar-refractivity contribution in [3.05, 3.63) is 137 Å². The molecular formula is C38H33ClN4O3S2. The SMILES string of the molecule is CCOC(=O)c1cc(-c2ccccc2)sc1NC(=O)[C@@H](Sc1nnc(-c2ccc(Cl)cc2)n1-c1ccccc1C(C)C)c1ccccc1. The van der Waals surface area contributed by atoms with Gasteiger partial charge in [0.2, 0.25) is 5.91 Å². The smallest absolute Gasteiger partial charge is 0.341 e. The molecule has 0 aliphatic heterocycles. The summed E-state index contributed by atoms with van der Waals surface area (Å²) in [5.74, 6) is 0.0438. The number of thioether (sulfide) groups is 1. The molecule has 1 amide bonds. The van der Waals surface area contributed by atoms with Crippen LogP contribution in [0.25, 0.3) is 27.5 Å². The zero-order valence-electron chi connectivity index (χ0n) is 26.6. The molecule has 2 heterocycles. The first-order chi connectivity index (χ1) is 23.3. The van der Waals surface area contributed by atoms with Gasteiger partial charge in [0.05, 0.1) is 17.9 Å². The van der Waals surface area contributed by atoms with Crippen molar-refractivity contribution in [1.82, 2.24) is 14.8 Å². The Hall–Kier alpha value is -4.70. The number of nitrogens with one attached hydrogen (secondary N) is 1. The number of hydrogen-bond donors (Lipinski definition) is 1. The third-order valence-corrected chi connectivity index (χ3v) is 10.2. The van der Waals surface area contributed by atoms with Crippen molar-refractivity contribution in [2.45, 2.75) is 37.1 Å². The summed E-state index contributed by atoms with van der Waals surface area (Å²) in [6.45, 7) is 6.26. The van der Waals surface area contributed by atoms with Crippen LogP contribution in [0.2, 0.25) is 5.02 Å². The van der Waals surface area contributed by atoms with Gasteiger partial charge < -0.3 is 10.1 Å². The molecule has 6 aromatic rings. The molecule has 0 aliphatic carbocycles. The minimum atomic E-state index is -0.740. The highest BCUT2D eigenvalue weighted by atomic mass is 35.5. The third kappa shape index (κ3) is 7.23. The summed E-state index contributed by atoms with van der Waals surface area (Å²) in [6.07, 6.45) is 0. The van der Waals surface area contributed by atoms with E-state index < -0.39 is 11.2 Å². The number of ether oxygens (including phenoxy) is 1. The van der Waals surface area contributed by atoms with Gasteiger partial charge in [0.25, 0.3) is 0 Å². The summed E-state index contributed by atoms with van der Waals surface area (Å²) in [5.41, 5.74) is 4.90. The summed E-state index contributed by atoms with van der Waals surface area (Å²) in [6, 6.07) is 36.7. The number of aromatic nitrogens is 3. The Bertz CT molecular complexity index is 2030. The molecule has 48 heavy (non-hydrogen) atoms. The number of amides is 1. The average molecular weight is 693 g/mol. The average Bonchev–Trinajstić information content (AvgIpc) is 3.73. The first kappa shape index (κ1) is 33.2. The lowest BCUT2D eigenvalue weighted by atomic mass is 10.0. The molecule has 1 atom stereocenters. The van der Waals surface area contributed by atoms with E-state index in [4.69, 9.17) is 16.3 Å². The van der Waals surface area contributed by atoms with Gasteiger partial charge in [-0.1, -0.05) is 116 Å². The molecule has 0 radical (unpaired) electrons. The minimum Gasteiger partial charge on any atom is -0.462 e. The second-order valence-electron chi connectivity index (χ2n) is 11.2. The molecule has 0 spiro atoms. The first-order valence-electron chi connectivity index (χ1n) is 15.5. The molecule has 0 aliphatic rings. The Morgan fingerprint density at radius 3 is 2.23 bits per heavy atom. The second-order valence-corrected chi connectivity index (χ2v) is 13.8. The lowest BCUT2D eigenvalue weighted by molar-refractivity contribution is -0.115. The van der Waals surface area contributed by atoms with E-state index in [0.29, 0.717) is 26.6 Å². The monoisotopic (exact) mass is 692 g/mol. The lowest BCUT2D eigenvalue weighted by Gasteiger charge is -2.20. The van der Waals surface area contributed by atoms with Gasteiger partial charge in [0.15, 0.2) is 11.0 Å². The second kappa shape index (κ2) is 15.0. The van der Waals surface area contributed by atoms with Crippen LogP contribution in [0.4, 0.5) is 5.00 Å². The van der Waals surface area contributed by atoms with Crippen LogP contribution in [0, 0.1) is 0 Å². The number of para-hydroxylation sites is 1. The first-order valence-corrected chi connectivity index (χ1v) is 17.6. The van der Waals surface area contributed by atoms with Crippen molar-refractivity contribution in [3.8, 4) is 27.5 Å². The molecule has 4 aromatic carbocycles. The lowest BCUT2D eigenvalue weighted by Crippen LogP contribution is -2.20. The standard InChI is InChI=1S/C38H33ClN4O3S2/c1-4-46-37(45)30-23-32(25-13-7-5-8-14-25)47-36(30)40-35(44)33(26-15-9-6-10-16-26)48-38-42-41-34(27-19-21-28(39)22-20-27)43(38)31-18-12-11-17-29(31)24(2)3/h5-24,33H,4H2,1-3H3,(H,40,44)/t33-/m0/s1. The normalized spacial score (nSPS) is 11.8. The van der Waals surface area contributed by atoms with Gasteiger partial charge in [0.1, 0.15) is 10.3 Å². The Labute approximate surface area is 293 Å². The molecule has 1 N–H and O–H groups in total. The van der Waals surface area contributed by atoms with E-state index >= 15 is 0 Å². The zero-order valence-corrected chi connectivity index (χ0v) is 29.0. The Kier molecular flexibility index (Phi) is 10.4. The van der Waals surface area contributed by atoms with Crippen LogP contribution in [0.1, 0.15) is 53.4 Å². The number of nitrogens with zero attached hydrogens (tertiary/aromatic N) is 3. The summed E-state index contributed by atoms with van der Waals surface area (Å²) < 4.78 is 7.38. The number of hydrogen-bond acceptors (Lipinski definition) is 7. The molecule has 2 aromatic heterocycles. The van der Waals surface area contributed by atoms with Gasteiger partial charge in [-0.15, -0.1) is 21.5 Å². The summed E-state index contributed by atoms with van der Waals surface area (Å²) in [4.78, 5) is 28.3. The highest BCUT2D eigenvalue weighted by Gasteiger charge is 2.29. The Morgan fingerprint density at radius 1 is 0.875 bits per heavy atom. The van der Waals surface area contributed by atoms with E-state index in [1.54, 1.807) is 13.0 Å². The zero-order chi connectivity index (χ0) is 33.6. The number of esters is 1. The van der Waals surface area contributed by atoms with Crippen molar-refractivity contribution in [2.75, 3.05) is 11.9 Å². The van der Waals surface area contributed by atoms with E-state index in [9.17, 15) is 9.59 Å². The predicted octanol–water partition coefficient (Wildman–Crippen LogP) is 10.1.